The van der Waals surface area contributed by atoms with Gasteiger partial charge in [-0.15, -0.1) is 0 Å². The van der Waals surface area contributed by atoms with Crippen LogP contribution in [0.25, 0.3) is 0 Å². The molecule has 0 amide bonds. The zero-order valence-electron chi connectivity index (χ0n) is 11.2. The summed E-state index contributed by atoms with van der Waals surface area (Å²) < 4.78 is 24.2. The number of aromatic nitrogens is 2. The molecule has 0 saturated heterocycles. The molecule has 0 saturated carbocycles. The minimum atomic E-state index is -3.06. The highest BCUT2D eigenvalue weighted by Gasteiger charge is 2.12. The fourth-order valence-electron chi connectivity index (χ4n) is 1.72. The summed E-state index contributed by atoms with van der Waals surface area (Å²) in [7, 11) is -3.06. The van der Waals surface area contributed by atoms with Crippen LogP contribution in [0.2, 0.25) is 0 Å². The van der Waals surface area contributed by atoms with E-state index in [0.717, 1.165) is 30.8 Å². The van der Waals surface area contributed by atoms with Gasteiger partial charge in [0.15, 0.2) is 0 Å². The van der Waals surface area contributed by atoms with Gasteiger partial charge in [-0.25, -0.2) is 12.7 Å². The minimum Gasteiger partial charge on any atom is -0.312 e. The summed E-state index contributed by atoms with van der Waals surface area (Å²) in [5.41, 5.74) is 2.21. The van der Waals surface area contributed by atoms with E-state index in [1.807, 2.05) is 13.8 Å². The van der Waals surface area contributed by atoms with Gasteiger partial charge in [0.1, 0.15) is 0 Å². The van der Waals surface area contributed by atoms with E-state index in [9.17, 15) is 8.42 Å². The van der Waals surface area contributed by atoms with Gasteiger partial charge in [-0.3, -0.25) is 5.10 Å². The van der Waals surface area contributed by atoms with Crippen LogP contribution < -0.4 is 5.32 Å². The van der Waals surface area contributed by atoms with Gasteiger partial charge in [-0.2, -0.15) is 5.10 Å². The highest BCUT2D eigenvalue weighted by atomic mass is 32.2. The lowest BCUT2D eigenvalue weighted by atomic mass is 10.2. The quantitative estimate of drug-likeness (QED) is 0.676. The van der Waals surface area contributed by atoms with Crippen LogP contribution in [0.3, 0.4) is 0 Å². The first-order valence-corrected chi connectivity index (χ1v) is 7.94. The third-order valence-corrected chi connectivity index (χ3v) is 4.21. The van der Waals surface area contributed by atoms with Crippen molar-refractivity contribution in [3.8, 4) is 0 Å². The molecule has 0 aliphatic heterocycles. The number of aryl methyl sites for hydroxylation is 1. The van der Waals surface area contributed by atoms with Gasteiger partial charge in [0, 0.05) is 30.9 Å². The van der Waals surface area contributed by atoms with E-state index in [1.54, 1.807) is 6.20 Å². The molecular weight excluding hydrogens is 252 g/mol. The molecule has 0 unspecified atom stereocenters. The van der Waals surface area contributed by atoms with Gasteiger partial charge in [-0.05, 0) is 19.9 Å². The Hall–Kier alpha value is -0.920. The van der Waals surface area contributed by atoms with Crippen LogP contribution >= 0.6 is 0 Å². The molecule has 0 bridgehead atoms. The molecule has 1 aromatic heterocycles. The van der Waals surface area contributed by atoms with E-state index >= 15 is 0 Å². The number of hydrogen-bond donors (Lipinski definition) is 2. The van der Waals surface area contributed by atoms with E-state index in [4.69, 9.17) is 0 Å². The van der Waals surface area contributed by atoms with Crippen molar-refractivity contribution < 1.29 is 8.42 Å². The van der Waals surface area contributed by atoms with Gasteiger partial charge in [-0.1, -0.05) is 6.92 Å². The first kappa shape index (κ1) is 15.1. The van der Waals surface area contributed by atoms with Crippen molar-refractivity contribution in [3.63, 3.8) is 0 Å². The lowest BCUT2D eigenvalue weighted by molar-refractivity contribution is 0.419. The van der Waals surface area contributed by atoms with Crippen molar-refractivity contribution in [2.24, 2.45) is 0 Å². The molecule has 0 fully saturated rings. The number of nitrogens with zero attached hydrogens (tertiary/aromatic N) is 2. The molecule has 0 aliphatic rings. The second kappa shape index (κ2) is 6.86. The lowest BCUT2D eigenvalue weighted by Crippen LogP contribution is -2.32. The Morgan fingerprint density at radius 2 is 2.22 bits per heavy atom. The Labute approximate surface area is 109 Å². The first-order valence-electron chi connectivity index (χ1n) is 6.09. The predicted molar refractivity (Wildman–Crippen MR) is 71.7 cm³/mol. The van der Waals surface area contributed by atoms with E-state index < -0.39 is 10.0 Å². The molecule has 0 atom stereocenters. The zero-order valence-corrected chi connectivity index (χ0v) is 12.0. The Balaban J connectivity index is 2.21. The largest absolute Gasteiger partial charge is 0.312 e. The van der Waals surface area contributed by atoms with E-state index in [1.165, 1.54) is 10.6 Å². The van der Waals surface area contributed by atoms with Gasteiger partial charge in [0.2, 0.25) is 10.0 Å². The van der Waals surface area contributed by atoms with Crippen LogP contribution in [-0.2, 0) is 16.6 Å². The molecule has 7 heteroatoms. The molecule has 18 heavy (non-hydrogen) atoms. The Bertz CT molecular complexity index is 455. The molecule has 0 aliphatic carbocycles. The van der Waals surface area contributed by atoms with Gasteiger partial charge in [0.25, 0.3) is 0 Å². The standard InChI is InChI=1S/C11H22N4O2S/c1-4-15(18(3,16)17)7-5-6-12-8-11-9-13-14-10(11)2/h9,12H,4-8H2,1-3H3,(H,13,14). The highest BCUT2D eigenvalue weighted by molar-refractivity contribution is 7.88. The summed E-state index contributed by atoms with van der Waals surface area (Å²) in [6, 6.07) is 0. The van der Waals surface area contributed by atoms with Crippen LogP contribution in [0, 0.1) is 6.92 Å². The van der Waals surface area contributed by atoms with Crippen LogP contribution in [0.4, 0.5) is 0 Å². The summed E-state index contributed by atoms with van der Waals surface area (Å²) in [4.78, 5) is 0. The average molecular weight is 274 g/mol. The van der Waals surface area contributed by atoms with E-state index in [0.29, 0.717) is 13.1 Å². The maximum absolute atomic E-state index is 11.4. The Kier molecular flexibility index (Phi) is 5.77. The van der Waals surface area contributed by atoms with Gasteiger partial charge < -0.3 is 5.32 Å². The highest BCUT2D eigenvalue weighted by Crippen LogP contribution is 2.02. The molecule has 2 N–H and O–H groups in total. The number of rotatable bonds is 8. The number of aromatic amines is 1. The average Bonchev–Trinajstić information content (AvgIpc) is 2.67. The maximum Gasteiger partial charge on any atom is 0.211 e. The van der Waals surface area contributed by atoms with Gasteiger partial charge >= 0.3 is 0 Å². The third kappa shape index (κ3) is 4.75. The van der Waals surface area contributed by atoms with E-state index in [-0.39, 0.29) is 0 Å². The maximum atomic E-state index is 11.4. The fourth-order valence-corrected chi connectivity index (χ4v) is 2.65. The molecule has 0 spiro atoms. The van der Waals surface area contributed by atoms with Crippen molar-refractivity contribution in [2.45, 2.75) is 26.8 Å². The van der Waals surface area contributed by atoms with Crippen LogP contribution in [-0.4, -0.2) is 48.8 Å². The van der Waals surface area contributed by atoms with Crippen LogP contribution in [0.15, 0.2) is 6.20 Å². The van der Waals surface area contributed by atoms with Crippen molar-refractivity contribution >= 4 is 10.0 Å². The number of sulfonamides is 1. The normalized spacial score (nSPS) is 12.2. The molecule has 0 aromatic carbocycles. The zero-order chi connectivity index (χ0) is 13.6. The number of nitrogens with one attached hydrogen (secondary N) is 2. The summed E-state index contributed by atoms with van der Waals surface area (Å²) in [5.74, 6) is 0. The summed E-state index contributed by atoms with van der Waals surface area (Å²) in [6.07, 6.45) is 3.85. The molecule has 6 nitrogen and oxygen atoms in total. The predicted octanol–water partition coefficient (Wildman–Crippen LogP) is 0.479. The molecule has 1 aromatic rings. The topological polar surface area (TPSA) is 78.1 Å². The number of hydrogen-bond acceptors (Lipinski definition) is 4. The molecule has 104 valence electrons. The van der Waals surface area contributed by atoms with Crippen LogP contribution in [0.5, 0.6) is 0 Å². The molecule has 0 radical (unpaired) electrons. The van der Waals surface area contributed by atoms with Crippen molar-refractivity contribution in [1.82, 2.24) is 19.8 Å². The SMILES string of the molecule is CCN(CCCNCc1cn[nH]c1C)S(C)(=O)=O. The monoisotopic (exact) mass is 274 g/mol. The second-order valence-corrected chi connectivity index (χ2v) is 6.29. The molecular formula is C11H22N4O2S. The van der Waals surface area contributed by atoms with Gasteiger partial charge in [0.05, 0.1) is 12.5 Å². The smallest absolute Gasteiger partial charge is 0.211 e. The minimum absolute atomic E-state index is 0.527. The molecule has 1 heterocycles. The molecule has 1 rings (SSSR count). The fraction of sp³-hybridized carbons (Fsp3) is 0.727. The Morgan fingerprint density at radius 3 is 2.72 bits per heavy atom. The number of H-pyrrole nitrogens is 1. The van der Waals surface area contributed by atoms with Crippen molar-refractivity contribution in [1.29, 1.82) is 0 Å². The van der Waals surface area contributed by atoms with Crippen molar-refractivity contribution in [2.75, 3.05) is 25.9 Å². The van der Waals surface area contributed by atoms with Crippen LogP contribution in [0.1, 0.15) is 24.6 Å². The summed E-state index contributed by atoms with van der Waals surface area (Å²) in [6.45, 7) is 6.46. The van der Waals surface area contributed by atoms with E-state index in [2.05, 4.69) is 15.5 Å². The summed E-state index contributed by atoms with van der Waals surface area (Å²) >= 11 is 0. The Morgan fingerprint density at radius 1 is 1.50 bits per heavy atom. The first-order chi connectivity index (χ1) is 8.45. The second-order valence-electron chi connectivity index (χ2n) is 4.31. The van der Waals surface area contributed by atoms with Crippen molar-refractivity contribution in [3.05, 3.63) is 17.5 Å². The third-order valence-electron chi connectivity index (χ3n) is 2.83. The summed E-state index contributed by atoms with van der Waals surface area (Å²) in [5, 5.41) is 10.1. The lowest BCUT2D eigenvalue weighted by Gasteiger charge is -2.17.